The summed E-state index contributed by atoms with van der Waals surface area (Å²) in [6, 6.07) is 0. The Morgan fingerprint density at radius 1 is 1.43 bits per heavy atom. The van der Waals surface area contributed by atoms with E-state index in [1.807, 2.05) is 6.26 Å². The Morgan fingerprint density at radius 2 is 2.10 bits per heavy atom. The molecule has 2 heterocycles. The van der Waals surface area contributed by atoms with Crippen molar-refractivity contribution in [2.45, 2.75) is 4.34 Å². The predicted molar refractivity (Wildman–Crippen MR) is 81.3 cm³/mol. The summed E-state index contributed by atoms with van der Waals surface area (Å²) in [5, 5.41) is 7.93. The van der Waals surface area contributed by atoms with E-state index in [0.29, 0.717) is 30.6 Å². The second-order valence-electron chi connectivity index (χ2n) is 4.32. The normalized spacial score (nSPS) is 16.0. The molecule has 1 aliphatic heterocycles. The van der Waals surface area contributed by atoms with Gasteiger partial charge in [-0.3, -0.25) is 4.79 Å². The standard InChI is InChI=1S/C10H16N4O4S3/c1-19-10-12-11-9(20-10)14(21(2,16)17)7-8(15)13-3-5-18-6-4-13/h3-7H2,1-2H3. The van der Waals surface area contributed by atoms with Gasteiger partial charge in [0.25, 0.3) is 0 Å². The van der Waals surface area contributed by atoms with Gasteiger partial charge >= 0.3 is 0 Å². The van der Waals surface area contributed by atoms with Gasteiger partial charge in [0, 0.05) is 13.1 Å². The zero-order chi connectivity index (χ0) is 15.5. The number of hydrogen-bond acceptors (Lipinski definition) is 8. The Balaban J connectivity index is 2.15. The number of rotatable bonds is 5. The molecule has 0 unspecified atom stereocenters. The predicted octanol–water partition coefficient (Wildman–Crippen LogP) is -0.115. The minimum atomic E-state index is -3.59. The minimum absolute atomic E-state index is 0.212. The third-order valence-corrected chi connectivity index (χ3v) is 5.97. The molecule has 0 atom stereocenters. The maximum Gasteiger partial charge on any atom is 0.243 e. The molecule has 2 rings (SSSR count). The highest BCUT2D eigenvalue weighted by molar-refractivity contribution is 8.00. The van der Waals surface area contributed by atoms with Crippen molar-refractivity contribution in [3.8, 4) is 0 Å². The van der Waals surface area contributed by atoms with Gasteiger partial charge in [-0.15, -0.1) is 10.2 Å². The van der Waals surface area contributed by atoms with Crippen molar-refractivity contribution < 1.29 is 17.9 Å². The molecule has 8 nitrogen and oxygen atoms in total. The zero-order valence-electron chi connectivity index (χ0n) is 11.7. The van der Waals surface area contributed by atoms with Gasteiger partial charge in [0.1, 0.15) is 6.54 Å². The average Bonchev–Trinajstić information content (AvgIpc) is 2.92. The molecule has 1 aromatic rings. The Morgan fingerprint density at radius 3 is 2.62 bits per heavy atom. The third-order valence-electron chi connectivity index (χ3n) is 2.83. The summed E-state index contributed by atoms with van der Waals surface area (Å²) in [4.78, 5) is 13.8. The third kappa shape index (κ3) is 4.28. The number of morpholine rings is 1. The van der Waals surface area contributed by atoms with Crippen LogP contribution in [0, 0.1) is 0 Å². The number of amides is 1. The molecule has 1 aromatic heterocycles. The molecule has 0 radical (unpaired) electrons. The second kappa shape index (κ2) is 6.90. The van der Waals surface area contributed by atoms with Crippen molar-refractivity contribution in [3.05, 3.63) is 0 Å². The molecule has 0 aromatic carbocycles. The van der Waals surface area contributed by atoms with Gasteiger partial charge in [-0.25, -0.2) is 12.7 Å². The van der Waals surface area contributed by atoms with Crippen LogP contribution in [0.3, 0.4) is 0 Å². The maximum absolute atomic E-state index is 12.2. The van der Waals surface area contributed by atoms with E-state index in [-0.39, 0.29) is 17.6 Å². The molecular weight excluding hydrogens is 336 g/mol. The van der Waals surface area contributed by atoms with Crippen molar-refractivity contribution >= 4 is 44.2 Å². The summed E-state index contributed by atoms with van der Waals surface area (Å²) in [6.07, 6.45) is 2.88. The largest absolute Gasteiger partial charge is 0.378 e. The van der Waals surface area contributed by atoms with Crippen LogP contribution in [-0.4, -0.2) is 74.8 Å². The number of anilines is 1. The van der Waals surface area contributed by atoms with Crippen molar-refractivity contribution in [1.29, 1.82) is 0 Å². The van der Waals surface area contributed by atoms with E-state index in [0.717, 1.165) is 21.9 Å². The van der Waals surface area contributed by atoms with E-state index in [4.69, 9.17) is 4.74 Å². The Bertz CT molecular complexity index is 597. The molecule has 0 spiro atoms. The van der Waals surface area contributed by atoms with Crippen LogP contribution in [-0.2, 0) is 19.6 Å². The van der Waals surface area contributed by atoms with Crippen molar-refractivity contribution in [1.82, 2.24) is 15.1 Å². The van der Waals surface area contributed by atoms with E-state index >= 15 is 0 Å². The van der Waals surface area contributed by atoms with Gasteiger partial charge in [-0.05, 0) is 6.26 Å². The van der Waals surface area contributed by atoms with Crippen LogP contribution in [0.4, 0.5) is 5.13 Å². The summed E-state index contributed by atoms with van der Waals surface area (Å²) in [6.45, 7) is 1.63. The van der Waals surface area contributed by atoms with Gasteiger partial charge < -0.3 is 9.64 Å². The summed E-state index contributed by atoms with van der Waals surface area (Å²) in [5.41, 5.74) is 0. The summed E-state index contributed by atoms with van der Waals surface area (Å²) in [7, 11) is -3.59. The fourth-order valence-corrected chi connectivity index (χ4v) is 4.10. The Labute approximate surface area is 131 Å². The fourth-order valence-electron chi connectivity index (χ4n) is 1.75. The number of ether oxygens (including phenoxy) is 1. The number of aromatic nitrogens is 2. The van der Waals surface area contributed by atoms with E-state index in [1.165, 1.54) is 11.8 Å². The molecule has 118 valence electrons. The highest BCUT2D eigenvalue weighted by Crippen LogP contribution is 2.27. The van der Waals surface area contributed by atoms with Crippen LogP contribution in [0.25, 0.3) is 0 Å². The van der Waals surface area contributed by atoms with Crippen LogP contribution in [0.15, 0.2) is 4.34 Å². The fraction of sp³-hybridized carbons (Fsp3) is 0.700. The average molecular weight is 352 g/mol. The van der Waals surface area contributed by atoms with Gasteiger partial charge in [0.05, 0.1) is 19.5 Å². The first-order valence-electron chi connectivity index (χ1n) is 6.12. The highest BCUT2D eigenvalue weighted by atomic mass is 32.2. The van der Waals surface area contributed by atoms with Crippen LogP contribution < -0.4 is 4.31 Å². The lowest BCUT2D eigenvalue weighted by molar-refractivity contribution is -0.133. The van der Waals surface area contributed by atoms with Crippen molar-refractivity contribution in [2.75, 3.05) is 49.7 Å². The Hall–Kier alpha value is -0.910. The molecule has 0 saturated carbocycles. The first-order chi connectivity index (χ1) is 9.91. The second-order valence-corrected chi connectivity index (χ2v) is 8.23. The van der Waals surface area contributed by atoms with Gasteiger partial charge in [0.15, 0.2) is 4.34 Å². The maximum atomic E-state index is 12.2. The molecule has 1 aliphatic rings. The molecule has 0 bridgehead atoms. The van der Waals surface area contributed by atoms with E-state index in [1.54, 1.807) is 4.90 Å². The zero-order valence-corrected chi connectivity index (χ0v) is 14.1. The van der Waals surface area contributed by atoms with Gasteiger partial charge in [-0.2, -0.15) is 0 Å². The number of carbonyl (C=O) groups is 1. The first-order valence-corrected chi connectivity index (χ1v) is 10.0. The molecular formula is C10H16N4O4S3. The SMILES string of the molecule is CSc1nnc(N(CC(=O)N2CCOCC2)S(C)(=O)=O)s1. The number of thioether (sulfide) groups is 1. The monoisotopic (exact) mass is 352 g/mol. The lowest BCUT2D eigenvalue weighted by atomic mass is 10.4. The number of nitrogens with zero attached hydrogens (tertiary/aromatic N) is 4. The van der Waals surface area contributed by atoms with Crippen LogP contribution in [0.1, 0.15) is 0 Å². The van der Waals surface area contributed by atoms with Crippen molar-refractivity contribution in [2.24, 2.45) is 0 Å². The summed E-state index contributed by atoms with van der Waals surface area (Å²) < 4.78 is 30.6. The van der Waals surface area contributed by atoms with E-state index in [2.05, 4.69) is 10.2 Å². The molecule has 11 heteroatoms. The first kappa shape index (κ1) is 16.5. The van der Waals surface area contributed by atoms with Crippen LogP contribution >= 0.6 is 23.1 Å². The summed E-state index contributed by atoms with van der Waals surface area (Å²) >= 11 is 2.52. The molecule has 0 N–H and O–H groups in total. The lowest BCUT2D eigenvalue weighted by Crippen LogP contribution is -2.47. The Kier molecular flexibility index (Phi) is 5.41. The van der Waals surface area contributed by atoms with Crippen LogP contribution in [0.5, 0.6) is 0 Å². The lowest BCUT2D eigenvalue weighted by Gasteiger charge is -2.28. The number of hydrogen-bond donors (Lipinski definition) is 0. The van der Waals surface area contributed by atoms with Gasteiger partial charge in [0.2, 0.25) is 21.1 Å². The minimum Gasteiger partial charge on any atom is -0.378 e. The van der Waals surface area contributed by atoms with Gasteiger partial charge in [-0.1, -0.05) is 23.1 Å². The molecule has 21 heavy (non-hydrogen) atoms. The van der Waals surface area contributed by atoms with E-state index < -0.39 is 10.0 Å². The molecule has 0 aliphatic carbocycles. The van der Waals surface area contributed by atoms with Crippen molar-refractivity contribution in [3.63, 3.8) is 0 Å². The molecule has 1 amide bonds. The molecule has 1 fully saturated rings. The number of carbonyl (C=O) groups excluding carboxylic acids is 1. The molecule has 1 saturated heterocycles. The quantitative estimate of drug-likeness (QED) is 0.682. The topological polar surface area (TPSA) is 92.7 Å². The van der Waals surface area contributed by atoms with Crippen LogP contribution in [0.2, 0.25) is 0 Å². The highest BCUT2D eigenvalue weighted by Gasteiger charge is 2.27. The smallest absolute Gasteiger partial charge is 0.243 e. The summed E-state index contributed by atoms with van der Waals surface area (Å²) in [5.74, 6) is -0.260. The van der Waals surface area contributed by atoms with E-state index in [9.17, 15) is 13.2 Å². The number of sulfonamides is 1.